The number of nitrogens with zero attached hydrogens (tertiary/aromatic N) is 1. The Hall–Kier alpha value is -1.81. The average molecular weight is 273 g/mol. The summed E-state index contributed by atoms with van der Waals surface area (Å²) < 4.78 is 2.22. The van der Waals surface area contributed by atoms with Crippen LogP contribution in [0, 0.1) is 5.92 Å². The maximum atomic E-state index is 12.0. The lowest BCUT2D eigenvalue weighted by Crippen LogP contribution is -2.28. The second-order valence-electron chi connectivity index (χ2n) is 5.23. The second-order valence-corrected chi connectivity index (χ2v) is 5.23. The summed E-state index contributed by atoms with van der Waals surface area (Å²) in [7, 11) is 1.85. The van der Waals surface area contributed by atoms with E-state index in [1.807, 2.05) is 20.0 Å². The Morgan fingerprint density at radius 2 is 2.15 bits per heavy atom. The Labute approximate surface area is 120 Å². The van der Waals surface area contributed by atoms with Gasteiger partial charge in [-0.2, -0.15) is 0 Å². The van der Waals surface area contributed by atoms with Crippen molar-refractivity contribution in [2.45, 2.75) is 26.8 Å². The van der Waals surface area contributed by atoms with Gasteiger partial charge in [0.2, 0.25) is 5.91 Å². The smallest absolute Gasteiger partial charge is 0.228 e. The molecule has 0 aliphatic heterocycles. The molecule has 0 saturated heterocycles. The topological polar surface area (TPSA) is 46.1 Å². The van der Waals surface area contributed by atoms with Gasteiger partial charge in [-0.25, -0.2) is 0 Å². The van der Waals surface area contributed by atoms with Gasteiger partial charge in [-0.05, 0) is 37.1 Å². The van der Waals surface area contributed by atoms with Gasteiger partial charge in [-0.15, -0.1) is 0 Å². The van der Waals surface area contributed by atoms with E-state index < -0.39 is 0 Å². The molecule has 0 radical (unpaired) electrons. The molecular weight excluding hydrogens is 250 g/mol. The van der Waals surface area contributed by atoms with Crippen molar-refractivity contribution in [2.75, 3.05) is 18.9 Å². The van der Waals surface area contributed by atoms with Crippen LogP contribution in [-0.2, 0) is 11.3 Å². The Kier molecular flexibility index (Phi) is 4.79. The van der Waals surface area contributed by atoms with Gasteiger partial charge >= 0.3 is 0 Å². The molecule has 4 nitrogen and oxygen atoms in total. The van der Waals surface area contributed by atoms with Gasteiger partial charge in [0.25, 0.3) is 0 Å². The first kappa shape index (κ1) is 14.6. The first-order valence-electron chi connectivity index (χ1n) is 7.20. The van der Waals surface area contributed by atoms with E-state index in [1.54, 1.807) is 0 Å². The van der Waals surface area contributed by atoms with E-state index in [0.717, 1.165) is 18.7 Å². The summed E-state index contributed by atoms with van der Waals surface area (Å²) in [6.45, 7) is 5.76. The summed E-state index contributed by atoms with van der Waals surface area (Å²) in [6, 6.07) is 8.18. The van der Waals surface area contributed by atoms with E-state index in [4.69, 9.17) is 0 Å². The molecule has 2 N–H and O–H groups in total. The largest absolute Gasteiger partial charge is 0.347 e. The highest BCUT2D eigenvalue weighted by atomic mass is 16.1. The van der Waals surface area contributed by atoms with Crippen LogP contribution in [-0.4, -0.2) is 24.1 Å². The lowest BCUT2D eigenvalue weighted by molar-refractivity contribution is -0.119. The molecule has 0 spiro atoms. The summed E-state index contributed by atoms with van der Waals surface area (Å²) in [5, 5.41) is 7.21. The van der Waals surface area contributed by atoms with Crippen LogP contribution >= 0.6 is 0 Å². The van der Waals surface area contributed by atoms with Gasteiger partial charge in [-0.1, -0.05) is 19.9 Å². The zero-order valence-corrected chi connectivity index (χ0v) is 12.4. The number of anilines is 1. The number of nitrogens with one attached hydrogen (secondary N) is 2. The third kappa shape index (κ3) is 3.20. The van der Waals surface area contributed by atoms with Crippen LogP contribution in [0.15, 0.2) is 30.5 Å². The van der Waals surface area contributed by atoms with Crippen molar-refractivity contribution in [1.29, 1.82) is 0 Å². The molecule has 4 heteroatoms. The number of rotatable bonds is 6. The van der Waals surface area contributed by atoms with Crippen LogP contribution in [0.4, 0.5) is 5.69 Å². The first-order valence-corrected chi connectivity index (χ1v) is 7.20. The SMILES string of the molecule is CCCn1ccc2ccc(NC(=O)C(C)CNC)cc21. The van der Waals surface area contributed by atoms with Crippen LogP contribution in [0.5, 0.6) is 0 Å². The molecule has 0 saturated carbocycles. The van der Waals surface area contributed by atoms with E-state index in [2.05, 4.69) is 46.5 Å². The number of aryl methyl sites for hydroxylation is 1. The van der Waals surface area contributed by atoms with E-state index in [-0.39, 0.29) is 11.8 Å². The predicted molar refractivity (Wildman–Crippen MR) is 83.9 cm³/mol. The fraction of sp³-hybridized carbons (Fsp3) is 0.438. The molecule has 2 aromatic rings. The molecule has 1 aromatic heterocycles. The van der Waals surface area contributed by atoms with Gasteiger partial charge in [0, 0.05) is 30.9 Å². The molecular formula is C16H23N3O. The molecule has 1 aromatic carbocycles. The maximum Gasteiger partial charge on any atom is 0.228 e. The standard InChI is InChI=1S/C16H23N3O/c1-4-8-19-9-7-13-5-6-14(10-15(13)19)18-16(20)12(2)11-17-3/h5-7,9-10,12,17H,4,8,11H2,1-3H3,(H,18,20). The van der Waals surface area contributed by atoms with Gasteiger partial charge in [0.05, 0.1) is 5.52 Å². The van der Waals surface area contributed by atoms with Crippen molar-refractivity contribution in [3.8, 4) is 0 Å². The number of hydrogen-bond donors (Lipinski definition) is 2. The summed E-state index contributed by atoms with van der Waals surface area (Å²) in [5.74, 6) is 0.00502. The maximum absolute atomic E-state index is 12.0. The van der Waals surface area contributed by atoms with Crippen molar-refractivity contribution in [1.82, 2.24) is 9.88 Å². The predicted octanol–water partition coefficient (Wildman–Crippen LogP) is 2.85. The third-order valence-corrected chi connectivity index (χ3v) is 3.46. The highest BCUT2D eigenvalue weighted by Gasteiger charge is 2.12. The van der Waals surface area contributed by atoms with Crippen molar-refractivity contribution in [3.63, 3.8) is 0 Å². The van der Waals surface area contributed by atoms with E-state index in [0.29, 0.717) is 6.54 Å². The molecule has 0 fully saturated rings. The number of carbonyl (C=O) groups excluding carboxylic acids is 1. The Balaban J connectivity index is 2.18. The molecule has 0 bridgehead atoms. The Morgan fingerprint density at radius 1 is 1.35 bits per heavy atom. The van der Waals surface area contributed by atoms with Crippen molar-refractivity contribution in [2.24, 2.45) is 5.92 Å². The zero-order chi connectivity index (χ0) is 14.5. The van der Waals surface area contributed by atoms with E-state index >= 15 is 0 Å². The van der Waals surface area contributed by atoms with Crippen molar-refractivity contribution >= 4 is 22.5 Å². The number of aromatic nitrogens is 1. The van der Waals surface area contributed by atoms with E-state index in [9.17, 15) is 4.79 Å². The third-order valence-electron chi connectivity index (χ3n) is 3.46. The number of fused-ring (bicyclic) bond motifs is 1. The molecule has 0 aliphatic carbocycles. The molecule has 20 heavy (non-hydrogen) atoms. The lowest BCUT2D eigenvalue weighted by Gasteiger charge is -2.12. The van der Waals surface area contributed by atoms with Gasteiger partial charge in [0.1, 0.15) is 0 Å². The zero-order valence-electron chi connectivity index (χ0n) is 12.4. The highest BCUT2D eigenvalue weighted by Crippen LogP contribution is 2.21. The summed E-state index contributed by atoms with van der Waals surface area (Å²) in [6.07, 6.45) is 3.20. The summed E-state index contributed by atoms with van der Waals surface area (Å²) in [5.41, 5.74) is 2.03. The number of benzene rings is 1. The van der Waals surface area contributed by atoms with E-state index in [1.165, 1.54) is 10.9 Å². The van der Waals surface area contributed by atoms with Crippen LogP contribution in [0.2, 0.25) is 0 Å². The quantitative estimate of drug-likeness (QED) is 0.850. The number of amides is 1. The van der Waals surface area contributed by atoms with Gasteiger partial charge < -0.3 is 15.2 Å². The molecule has 1 amide bonds. The first-order chi connectivity index (χ1) is 9.65. The minimum Gasteiger partial charge on any atom is -0.347 e. The fourth-order valence-electron chi connectivity index (χ4n) is 2.36. The molecule has 108 valence electrons. The summed E-state index contributed by atoms with van der Waals surface area (Å²) in [4.78, 5) is 12.0. The molecule has 2 rings (SSSR count). The minimum atomic E-state index is -0.0434. The normalized spacial score (nSPS) is 12.6. The molecule has 1 unspecified atom stereocenters. The molecule has 0 aliphatic rings. The highest BCUT2D eigenvalue weighted by molar-refractivity contribution is 5.95. The monoisotopic (exact) mass is 273 g/mol. The lowest BCUT2D eigenvalue weighted by atomic mass is 10.1. The summed E-state index contributed by atoms with van der Waals surface area (Å²) >= 11 is 0. The van der Waals surface area contributed by atoms with Crippen LogP contribution in [0.1, 0.15) is 20.3 Å². The van der Waals surface area contributed by atoms with Crippen molar-refractivity contribution < 1.29 is 4.79 Å². The average Bonchev–Trinajstić information content (AvgIpc) is 2.82. The Morgan fingerprint density at radius 3 is 2.85 bits per heavy atom. The van der Waals surface area contributed by atoms with Crippen LogP contribution < -0.4 is 10.6 Å². The minimum absolute atomic E-state index is 0.0434. The second kappa shape index (κ2) is 6.57. The van der Waals surface area contributed by atoms with Crippen LogP contribution in [0.3, 0.4) is 0 Å². The molecule has 1 heterocycles. The molecule has 1 atom stereocenters. The van der Waals surface area contributed by atoms with Crippen molar-refractivity contribution in [3.05, 3.63) is 30.5 Å². The fourth-order valence-corrected chi connectivity index (χ4v) is 2.36. The van der Waals surface area contributed by atoms with Crippen LogP contribution in [0.25, 0.3) is 10.9 Å². The number of carbonyl (C=O) groups is 1. The van der Waals surface area contributed by atoms with Gasteiger partial charge in [0.15, 0.2) is 0 Å². The Bertz CT molecular complexity index is 588. The number of hydrogen-bond acceptors (Lipinski definition) is 2. The van der Waals surface area contributed by atoms with Gasteiger partial charge in [-0.3, -0.25) is 4.79 Å².